The lowest BCUT2D eigenvalue weighted by Crippen LogP contribution is -2.29. The van der Waals surface area contributed by atoms with Crippen LogP contribution in [-0.2, 0) is 11.3 Å². The molecule has 0 atom stereocenters. The predicted molar refractivity (Wildman–Crippen MR) is 84.1 cm³/mol. The van der Waals surface area contributed by atoms with E-state index in [9.17, 15) is 9.59 Å². The number of amides is 2. The van der Waals surface area contributed by atoms with Crippen LogP contribution in [0.1, 0.15) is 36.9 Å². The Hall–Kier alpha value is -2.28. The van der Waals surface area contributed by atoms with Gasteiger partial charge < -0.3 is 14.5 Å². The summed E-state index contributed by atoms with van der Waals surface area (Å²) in [5.74, 6) is 0.184. The number of rotatable bonds is 4. The molecule has 2 rings (SSSR count). The second kappa shape index (κ2) is 6.65. The Balaban J connectivity index is 1.94. The molecule has 7 heteroatoms. The SMILES string of the molecule is CC(C)(C)OC(=O)c1ccsc1NC(=O)NCc1ccco1. The quantitative estimate of drug-likeness (QED) is 0.843. The van der Waals surface area contributed by atoms with Crippen LogP contribution in [0.25, 0.3) is 0 Å². The van der Waals surface area contributed by atoms with Crippen molar-refractivity contribution in [1.82, 2.24) is 5.32 Å². The number of esters is 1. The second-order valence-corrected chi connectivity index (χ2v) is 6.47. The molecule has 0 saturated heterocycles. The Morgan fingerprint density at radius 3 is 2.73 bits per heavy atom. The molecular formula is C15H18N2O4S. The summed E-state index contributed by atoms with van der Waals surface area (Å²) in [4.78, 5) is 23.9. The van der Waals surface area contributed by atoms with Gasteiger partial charge in [0.2, 0.25) is 0 Å². The maximum atomic E-state index is 12.1. The Morgan fingerprint density at radius 1 is 1.32 bits per heavy atom. The van der Waals surface area contributed by atoms with Gasteiger partial charge in [0.15, 0.2) is 0 Å². The lowest BCUT2D eigenvalue weighted by molar-refractivity contribution is 0.00713. The average Bonchev–Trinajstić information content (AvgIpc) is 3.05. The molecule has 0 radical (unpaired) electrons. The Kier molecular flexibility index (Phi) is 4.87. The maximum absolute atomic E-state index is 12.1. The zero-order valence-corrected chi connectivity index (χ0v) is 13.5. The molecule has 118 valence electrons. The standard InChI is InChI=1S/C15H18N2O4S/c1-15(2,3)21-13(18)11-6-8-22-12(11)17-14(19)16-9-10-5-4-7-20-10/h4-8H,9H2,1-3H3,(H2,16,17,19). The van der Waals surface area contributed by atoms with Gasteiger partial charge in [-0.05, 0) is 44.4 Å². The van der Waals surface area contributed by atoms with Crippen LogP contribution in [0.3, 0.4) is 0 Å². The first-order valence-electron chi connectivity index (χ1n) is 6.73. The van der Waals surface area contributed by atoms with Crippen LogP contribution in [0.2, 0.25) is 0 Å². The molecule has 0 unspecified atom stereocenters. The van der Waals surface area contributed by atoms with Crippen molar-refractivity contribution in [2.75, 3.05) is 5.32 Å². The molecule has 2 aromatic rings. The normalized spacial score (nSPS) is 11.0. The van der Waals surface area contributed by atoms with E-state index in [4.69, 9.17) is 9.15 Å². The van der Waals surface area contributed by atoms with Crippen LogP contribution >= 0.6 is 11.3 Å². The van der Waals surface area contributed by atoms with Gasteiger partial charge >= 0.3 is 12.0 Å². The molecule has 2 N–H and O–H groups in total. The smallest absolute Gasteiger partial charge is 0.341 e. The van der Waals surface area contributed by atoms with E-state index in [-0.39, 0.29) is 6.54 Å². The van der Waals surface area contributed by atoms with Crippen molar-refractivity contribution in [3.8, 4) is 0 Å². The first-order valence-corrected chi connectivity index (χ1v) is 7.61. The molecule has 2 amide bonds. The van der Waals surface area contributed by atoms with Crippen LogP contribution in [0.15, 0.2) is 34.3 Å². The fourth-order valence-electron chi connectivity index (χ4n) is 1.63. The van der Waals surface area contributed by atoms with Crippen LogP contribution in [0, 0.1) is 0 Å². The van der Waals surface area contributed by atoms with Crippen molar-refractivity contribution in [3.63, 3.8) is 0 Å². The Morgan fingerprint density at radius 2 is 2.09 bits per heavy atom. The first kappa shape index (κ1) is 16.1. The highest BCUT2D eigenvalue weighted by Crippen LogP contribution is 2.25. The summed E-state index contributed by atoms with van der Waals surface area (Å²) in [6.45, 7) is 5.65. The Bertz CT molecular complexity index is 641. The summed E-state index contributed by atoms with van der Waals surface area (Å²) in [5, 5.41) is 7.47. The highest BCUT2D eigenvalue weighted by atomic mass is 32.1. The van der Waals surface area contributed by atoms with Gasteiger partial charge in [0, 0.05) is 0 Å². The lowest BCUT2D eigenvalue weighted by Gasteiger charge is -2.19. The average molecular weight is 322 g/mol. The summed E-state index contributed by atoms with van der Waals surface area (Å²) in [6.07, 6.45) is 1.54. The zero-order valence-electron chi connectivity index (χ0n) is 12.6. The number of furan rings is 1. The van der Waals surface area contributed by atoms with E-state index in [1.54, 1.807) is 44.4 Å². The summed E-state index contributed by atoms with van der Waals surface area (Å²) in [5.41, 5.74) is -0.245. The summed E-state index contributed by atoms with van der Waals surface area (Å²) >= 11 is 1.26. The number of urea groups is 1. The number of hydrogen-bond acceptors (Lipinski definition) is 5. The Labute approximate surface area is 132 Å². The van der Waals surface area contributed by atoms with Crippen molar-refractivity contribution >= 4 is 28.3 Å². The fraction of sp³-hybridized carbons (Fsp3) is 0.333. The summed E-state index contributed by atoms with van der Waals surface area (Å²) in [6, 6.07) is 4.72. The number of anilines is 1. The largest absolute Gasteiger partial charge is 0.467 e. The minimum absolute atomic E-state index is 0.270. The van der Waals surface area contributed by atoms with Crippen molar-refractivity contribution < 1.29 is 18.7 Å². The molecule has 0 aliphatic carbocycles. The molecule has 0 aliphatic heterocycles. The number of nitrogens with one attached hydrogen (secondary N) is 2. The van der Waals surface area contributed by atoms with Crippen molar-refractivity contribution in [3.05, 3.63) is 41.2 Å². The van der Waals surface area contributed by atoms with Gasteiger partial charge in [-0.3, -0.25) is 5.32 Å². The number of hydrogen-bond donors (Lipinski definition) is 2. The molecule has 0 aliphatic rings. The molecule has 0 saturated carbocycles. The molecule has 2 aromatic heterocycles. The molecule has 2 heterocycles. The third-order valence-corrected chi connectivity index (χ3v) is 3.34. The minimum Gasteiger partial charge on any atom is -0.467 e. The molecule has 6 nitrogen and oxygen atoms in total. The summed E-state index contributed by atoms with van der Waals surface area (Å²) < 4.78 is 10.4. The number of carbonyl (C=O) groups excluding carboxylic acids is 2. The van der Waals surface area contributed by atoms with E-state index >= 15 is 0 Å². The molecule has 0 fully saturated rings. The monoisotopic (exact) mass is 322 g/mol. The topological polar surface area (TPSA) is 80.6 Å². The van der Waals surface area contributed by atoms with Crippen molar-refractivity contribution in [2.45, 2.75) is 32.9 Å². The maximum Gasteiger partial charge on any atom is 0.341 e. The molecule has 0 spiro atoms. The molecular weight excluding hydrogens is 304 g/mol. The number of ether oxygens (including phenoxy) is 1. The van der Waals surface area contributed by atoms with E-state index in [1.165, 1.54) is 17.6 Å². The third kappa shape index (κ3) is 4.63. The van der Waals surface area contributed by atoms with Gasteiger partial charge in [0.25, 0.3) is 0 Å². The van der Waals surface area contributed by atoms with E-state index in [0.717, 1.165) is 0 Å². The van der Waals surface area contributed by atoms with Crippen LogP contribution in [0.4, 0.5) is 9.80 Å². The molecule has 0 aromatic carbocycles. The highest BCUT2D eigenvalue weighted by molar-refractivity contribution is 7.14. The number of carbonyl (C=O) groups is 2. The molecule has 0 bridgehead atoms. The third-order valence-electron chi connectivity index (χ3n) is 2.51. The van der Waals surface area contributed by atoms with Crippen LogP contribution < -0.4 is 10.6 Å². The lowest BCUT2D eigenvalue weighted by atomic mass is 10.2. The van der Waals surface area contributed by atoms with E-state index in [1.807, 2.05) is 0 Å². The van der Waals surface area contributed by atoms with E-state index in [2.05, 4.69) is 10.6 Å². The highest BCUT2D eigenvalue weighted by Gasteiger charge is 2.22. The fourth-order valence-corrected chi connectivity index (χ4v) is 2.40. The van der Waals surface area contributed by atoms with Crippen LogP contribution in [0.5, 0.6) is 0 Å². The van der Waals surface area contributed by atoms with Gasteiger partial charge in [-0.2, -0.15) is 0 Å². The first-order chi connectivity index (χ1) is 10.3. The summed E-state index contributed by atoms with van der Waals surface area (Å²) in [7, 11) is 0. The predicted octanol–water partition coefficient (Wildman–Crippen LogP) is 3.62. The van der Waals surface area contributed by atoms with E-state index in [0.29, 0.717) is 16.3 Å². The second-order valence-electron chi connectivity index (χ2n) is 5.55. The zero-order chi connectivity index (χ0) is 16.2. The van der Waals surface area contributed by atoms with Gasteiger partial charge in [-0.25, -0.2) is 9.59 Å². The van der Waals surface area contributed by atoms with Crippen molar-refractivity contribution in [2.24, 2.45) is 0 Å². The minimum atomic E-state index is -0.585. The molecule has 22 heavy (non-hydrogen) atoms. The van der Waals surface area contributed by atoms with Gasteiger partial charge in [-0.1, -0.05) is 0 Å². The van der Waals surface area contributed by atoms with Gasteiger partial charge in [-0.15, -0.1) is 11.3 Å². The van der Waals surface area contributed by atoms with Gasteiger partial charge in [0.05, 0.1) is 18.4 Å². The van der Waals surface area contributed by atoms with E-state index < -0.39 is 17.6 Å². The van der Waals surface area contributed by atoms with Crippen molar-refractivity contribution in [1.29, 1.82) is 0 Å². The van der Waals surface area contributed by atoms with Crippen LogP contribution in [-0.4, -0.2) is 17.6 Å². The number of thiophene rings is 1. The van der Waals surface area contributed by atoms with Gasteiger partial charge in [0.1, 0.15) is 16.4 Å².